The summed E-state index contributed by atoms with van der Waals surface area (Å²) in [5.74, 6) is 1.31. The molecule has 4 heteroatoms. The first-order chi connectivity index (χ1) is 13.1. The first-order valence-corrected chi connectivity index (χ1v) is 10.3. The molecule has 0 bridgehead atoms. The highest BCUT2D eigenvalue weighted by Gasteiger charge is 2.20. The number of likely N-dealkylation sites (N-methyl/N-ethyl adjacent to an activating group) is 1. The number of nitrogens with zero attached hydrogens (tertiary/aromatic N) is 1. The molecule has 0 radical (unpaired) electrons. The second kappa shape index (κ2) is 8.96. The van der Waals surface area contributed by atoms with Gasteiger partial charge in [-0.3, -0.25) is 4.79 Å². The van der Waals surface area contributed by atoms with E-state index >= 15 is 0 Å². The summed E-state index contributed by atoms with van der Waals surface area (Å²) in [5, 5.41) is 10.6. The number of phenols is 1. The standard InChI is InChI=1S/C23H25NO2S/c1-3-4-5-7-19-8-6-9-20(22(19)25)18-12-10-17(11-13-18)16-21-23(26)24(2)14-15-27-21/h5-13,16,25H,3-4,14-15H2,1-2H3. The molecule has 0 aliphatic carbocycles. The van der Waals surface area contributed by atoms with Gasteiger partial charge in [-0.1, -0.05) is 68.0 Å². The quantitative estimate of drug-likeness (QED) is 0.705. The number of thioether (sulfide) groups is 1. The molecule has 1 aliphatic heterocycles. The molecule has 0 atom stereocenters. The fourth-order valence-electron chi connectivity index (χ4n) is 2.96. The van der Waals surface area contributed by atoms with E-state index in [-0.39, 0.29) is 5.91 Å². The fraction of sp³-hybridized carbons (Fsp3) is 0.261. The van der Waals surface area contributed by atoms with Crippen LogP contribution in [0, 0.1) is 0 Å². The van der Waals surface area contributed by atoms with Gasteiger partial charge in [-0.2, -0.15) is 0 Å². The number of hydrogen-bond acceptors (Lipinski definition) is 3. The summed E-state index contributed by atoms with van der Waals surface area (Å²) in [6.07, 6.45) is 8.09. The Bertz CT molecular complexity index is 868. The number of carbonyl (C=O) groups is 1. The first kappa shape index (κ1) is 19.3. The molecule has 0 unspecified atom stereocenters. The fourth-order valence-corrected chi connectivity index (χ4v) is 4.05. The summed E-state index contributed by atoms with van der Waals surface area (Å²) < 4.78 is 0. The normalized spacial score (nSPS) is 16.4. The number of aromatic hydroxyl groups is 1. The van der Waals surface area contributed by atoms with Crippen LogP contribution in [0.25, 0.3) is 23.3 Å². The van der Waals surface area contributed by atoms with Crippen molar-refractivity contribution < 1.29 is 9.90 Å². The molecule has 0 aromatic heterocycles. The van der Waals surface area contributed by atoms with Gasteiger partial charge in [0.15, 0.2) is 0 Å². The largest absolute Gasteiger partial charge is 0.507 e. The highest BCUT2D eigenvalue weighted by Crippen LogP contribution is 2.33. The van der Waals surface area contributed by atoms with Crippen LogP contribution >= 0.6 is 11.8 Å². The summed E-state index contributed by atoms with van der Waals surface area (Å²) >= 11 is 1.61. The molecular formula is C23H25NO2S. The van der Waals surface area contributed by atoms with Crippen molar-refractivity contribution in [2.24, 2.45) is 0 Å². The molecule has 140 valence electrons. The Balaban J connectivity index is 1.84. The van der Waals surface area contributed by atoms with E-state index in [9.17, 15) is 9.90 Å². The molecular weight excluding hydrogens is 354 g/mol. The van der Waals surface area contributed by atoms with Gasteiger partial charge in [0.05, 0.1) is 4.91 Å². The number of para-hydroxylation sites is 1. The molecule has 1 saturated heterocycles. The predicted octanol–water partition coefficient (Wildman–Crippen LogP) is 5.42. The lowest BCUT2D eigenvalue weighted by Crippen LogP contribution is -2.33. The lowest BCUT2D eigenvalue weighted by atomic mass is 9.99. The monoisotopic (exact) mass is 379 g/mol. The molecule has 3 rings (SSSR count). The number of phenolic OH excluding ortho intramolecular Hbond substituents is 1. The summed E-state index contributed by atoms with van der Waals surface area (Å²) in [5.41, 5.74) is 3.60. The Hall–Kier alpha value is -2.46. The maximum absolute atomic E-state index is 12.2. The van der Waals surface area contributed by atoms with E-state index in [1.54, 1.807) is 16.7 Å². The minimum atomic E-state index is 0.0829. The molecule has 2 aromatic rings. The second-order valence-electron chi connectivity index (χ2n) is 6.64. The molecule has 1 aliphatic rings. The molecule has 3 nitrogen and oxygen atoms in total. The summed E-state index contributed by atoms with van der Waals surface area (Å²) in [7, 11) is 1.84. The van der Waals surface area contributed by atoms with Gasteiger partial charge in [0.25, 0.3) is 5.91 Å². The number of carbonyl (C=O) groups excluding carboxylic acids is 1. The van der Waals surface area contributed by atoms with Gasteiger partial charge < -0.3 is 10.0 Å². The van der Waals surface area contributed by atoms with E-state index in [1.165, 1.54) is 0 Å². The third-order valence-electron chi connectivity index (χ3n) is 4.58. The molecule has 1 fully saturated rings. The van der Waals surface area contributed by atoms with Gasteiger partial charge in [0.2, 0.25) is 0 Å². The summed E-state index contributed by atoms with van der Waals surface area (Å²) in [6.45, 7) is 2.93. The lowest BCUT2D eigenvalue weighted by Gasteiger charge is -2.23. The highest BCUT2D eigenvalue weighted by molar-refractivity contribution is 8.04. The van der Waals surface area contributed by atoms with Gasteiger partial charge in [-0.15, -0.1) is 11.8 Å². The van der Waals surface area contributed by atoms with Crippen molar-refractivity contribution in [3.63, 3.8) is 0 Å². The third-order valence-corrected chi connectivity index (χ3v) is 5.57. The van der Waals surface area contributed by atoms with Crippen LogP contribution in [0.2, 0.25) is 0 Å². The smallest absolute Gasteiger partial charge is 0.260 e. The Morgan fingerprint density at radius 2 is 1.96 bits per heavy atom. The Labute approximate surface area is 165 Å². The Morgan fingerprint density at radius 1 is 1.19 bits per heavy atom. The number of unbranched alkanes of at least 4 members (excludes halogenated alkanes) is 1. The van der Waals surface area contributed by atoms with Crippen molar-refractivity contribution in [1.29, 1.82) is 0 Å². The van der Waals surface area contributed by atoms with Crippen LogP contribution in [0.4, 0.5) is 0 Å². The maximum atomic E-state index is 12.2. The van der Waals surface area contributed by atoms with Crippen LogP contribution in [0.1, 0.15) is 30.9 Å². The summed E-state index contributed by atoms with van der Waals surface area (Å²) in [6, 6.07) is 13.8. The molecule has 1 N–H and O–H groups in total. The van der Waals surface area contributed by atoms with Crippen molar-refractivity contribution in [2.75, 3.05) is 19.3 Å². The predicted molar refractivity (Wildman–Crippen MR) is 116 cm³/mol. The molecule has 1 amide bonds. The van der Waals surface area contributed by atoms with E-state index in [0.29, 0.717) is 5.75 Å². The van der Waals surface area contributed by atoms with Crippen molar-refractivity contribution >= 4 is 29.8 Å². The van der Waals surface area contributed by atoms with Crippen LogP contribution in [-0.2, 0) is 4.79 Å². The molecule has 0 spiro atoms. The average molecular weight is 380 g/mol. The van der Waals surface area contributed by atoms with E-state index in [0.717, 1.165) is 52.3 Å². The van der Waals surface area contributed by atoms with Crippen molar-refractivity contribution in [3.8, 4) is 16.9 Å². The maximum Gasteiger partial charge on any atom is 0.260 e. The van der Waals surface area contributed by atoms with Gasteiger partial charge in [-0.05, 0) is 23.6 Å². The van der Waals surface area contributed by atoms with E-state index in [1.807, 2.05) is 61.7 Å². The van der Waals surface area contributed by atoms with Crippen LogP contribution in [0.15, 0.2) is 53.4 Å². The number of benzene rings is 2. The van der Waals surface area contributed by atoms with Crippen LogP contribution < -0.4 is 0 Å². The Morgan fingerprint density at radius 3 is 2.70 bits per heavy atom. The highest BCUT2D eigenvalue weighted by atomic mass is 32.2. The van der Waals surface area contributed by atoms with E-state index in [4.69, 9.17) is 0 Å². The van der Waals surface area contributed by atoms with E-state index < -0.39 is 0 Å². The first-order valence-electron chi connectivity index (χ1n) is 9.29. The number of allylic oxidation sites excluding steroid dienone is 1. The number of rotatable bonds is 5. The van der Waals surface area contributed by atoms with E-state index in [2.05, 4.69) is 13.0 Å². The number of hydrogen-bond donors (Lipinski definition) is 1. The molecule has 27 heavy (non-hydrogen) atoms. The Kier molecular flexibility index (Phi) is 6.40. The second-order valence-corrected chi connectivity index (χ2v) is 7.78. The third kappa shape index (κ3) is 4.64. The van der Waals surface area contributed by atoms with Crippen molar-refractivity contribution in [1.82, 2.24) is 4.90 Å². The van der Waals surface area contributed by atoms with Crippen molar-refractivity contribution in [2.45, 2.75) is 19.8 Å². The number of amides is 1. The van der Waals surface area contributed by atoms with Gasteiger partial charge in [-0.25, -0.2) is 0 Å². The van der Waals surface area contributed by atoms with Gasteiger partial charge in [0.1, 0.15) is 5.75 Å². The van der Waals surface area contributed by atoms with Crippen LogP contribution in [0.5, 0.6) is 5.75 Å². The molecule has 2 aromatic carbocycles. The zero-order valence-corrected chi connectivity index (χ0v) is 16.6. The van der Waals surface area contributed by atoms with Crippen LogP contribution in [-0.4, -0.2) is 35.3 Å². The zero-order chi connectivity index (χ0) is 19.2. The van der Waals surface area contributed by atoms with Gasteiger partial charge in [0, 0.05) is 30.5 Å². The SMILES string of the molecule is CCCC=Cc1cccc(-c2ccc(C=C3SCCN(C)C3=O)cc2)c1O. The topological polar surface area (TPSA) is 40.5 Å². The minimum Gasteiger partial charge on any atom is -0.507 e. The lowest BCUT2D eigenvalue weighted by molar-refractivity contribution is -0.125. The van der Waals surface area contributed by atoms with Gasteiger partial charge >= 0.3 is 0 Å². The van der Waals surface area contributed by atoms with Crippen LogP contribution in [0.3, 0.4) is 0 Å². The molecule has 0 saturated carbocycles. The minimum absolute atomic E-state index is 0.0829. The van der Waals surface area contributed by atoms with Crippen molar-refractivity contribution in [3.05, 3.63) is 64.6 Å². The summed E-state index contributed by atoms with van der Waals surface area (Å²) in [4.78, 5) is 14.7. The zero-order valence-electron chi connectivity index (χ0n) is 15.8. The molecule has 1 heterocycles. The average Bonchev–Trinajstić information content (AvgIpc) is 2.68.